The fourth-order valence-electron chi connectivity index (χ4n) is 11.4. The number of aliphatic hydroxyl groups is 4. The van der Waals surface area contributed by atoms with E-state index in [4.69, 9.17) is 11.5 Å². The molecule has 4 rings (SSSR count). The molecule has 31 nitrogen and oxygen atoms in total. The lowest BCUT2D eigenvalue weighted by Crippen LogP contribution is -2.63. The van der Waals surface area contributed by atoms with E-state index in [0.29, 0.717) is 37.9 Å². The molecule has 32 heteroatoms. The fourth-order valence-corrected chi connectivity index (χ4v) is 11.9. The zero-order valence-corrected chi connectivity index (χ0v) is 53.0. The summed E-state index contributed by atoms with van der Waals surface area (Å²) in [5, 5.41) is 70.0. The first-order valence-corrected chi connectivity index (χ1v) is 32.0. The summed E-state index contributed by atoms with van der Waals surface area (Å²) in [5.74, 6) is -11.4. The molecule has 16 N–H and O–H groups in total. The summed E-state index contributed by atoms with van der Waals surface area (Å²) in [6.45, 7) is 9.91. The molecule has 89 heavy (non-hydrogen) atoms. The minimum Gasteiger partial charge on any atom is -0.480 e. The Balaban J connectivity index is 1.44. The number of nitrogens with zero attached hydrogens (tertiary/aromatic N) is 4. The molecule has 0 aromatic heterocycles. The van der Waals surface area contributed by atoms with Gasteiger partial charge in [0.1, 0.15) is 66.5 Å². The molecule has 4 fully saturated rings. The van der Waals surface area contributed by atoms with E-state index in [1.807, 2.05) is 6.26 Å². The number of primary amides is 1. The Kier molecular flexibility index (Phi) is 29.4. The molecule has 0 spiro atoms. The summed E-state index contributed by atoms with van der Waals surface area (Å²) in [6, 6.07) is -16.3. The topological polar surface area (TPSA) is 472 Å². The number of nitrogens with one attached hydrogen (secondary N) is 7. The van der Waals surface area contributed by atoms with Crippen LogP contribution in [0, 0.1) is 11.8 Å². The number of carboxylic acid groups (broad SMARTS) is 1. The highest BCUT2D eigenvalue weighted by Gasteiger charge is 2.47. The lowest BCUT2D eigenvalue weighted by molar-refractivity contribution is -0.147. The van der Waals surface area contributed by atoms with E-state index in [-0.39, 0.29) is 83.5 Å². The molecule has 0 bridgehead atoms. The third-order valence-electron chi connectivity index (χ3n) is 16.7. The lowest BCUT2D eigenvalue weighted by atomic mass is 9.96. The van der Waals surface area contributed by atoms with Crippen LogP contribution in [0.2, 0.25) is 0 Å². The molecule has 502 valence electrons. The Morgan fingerprint density at radius 3 is 1.28 bits per heavy atom. The molecule has 0 unspecified atom stereocenters. The maximum atomic E-state index is 14.6. The summed E-state index contributed by atoms with van der Waals surface area (Å²) < 4.78 is 0. The van der Waals surface area contributed by atoms with E-state index >= 15 is 0 Å². The number of carbonyl (C=O) groups is 13. The molecule has 0 aromatic rings. The minimum absolute atomic E-state index is 0.0240. The Hall–Kier alpha value is -6.74. The van der Waals surface area contributed by atoms with Crippen molar-refractivity contribution in [3.63, 3.8) is 0 Å². The number of carbonyl (C=O) groups excluding carboxylic acids is 12. The molecule has 16 atom stereocenters. The van der Waals surface area contributed by atoms with Crippen molar-refractivity contribution < 1.29 is 87.9 Å². The summed E-state index contributed by atoms with van der Waals surface area (Å²) in [4.78, 5) is 181. The normalized spacial score (nSPS) is 22.4. The number of hydrogen-bond acceptors (Lipinski definition) is 19. The maximum absolute atomic E-state index is 14.6. The number of carboxylic acids is 1. The fraction of sp³-hybridized carbons (Fsp3) is 0.772. The standard InChI is InChI=1S/C57H95N13O18S/c1-9-29(4)42(54(84)68-22-11-15-38(68)49(79)62-36(27-71)47(77)61-35(26-28(2)3)53(83)67-21-10-14-37(67)48(78)60-34(57(87)88)18-19-41(59)75)63-50(80)39-16-12-23-69(39)56(86)45(32(7)74)66-52(82)43(30(5)72)64-51(81)40-17-13-24-70(40)55(85)44(31(6)73)65-46(76)33(58)20-25-89-8/h28-40,42-45,71-74H,9-27,58H2,1-8H3,(H2,59,75)(H,60,78)(H,61,77)(H,62,79)(H,63,80)(H,64,81)(H,65,76)(H,66,82)(H,87,88)/t29-,30+,31+,32+,33-,34-,35-,36-,37-,38-,39-,40-,42-,43-,44-,45-/m0/s1. The van der Waals surface area contributed by atoms with Gasteiger partial charge in [-0.3, -0.25) is 57.5 Å². The smallest absolute Gasteiger partial charge is 0.326 e. The molecule has 0 aromatic carbocycles. The Morgan fingerprint density at radius 1 is 0.506 bits per heavy atom. The van der Waals surface area contributed by atoms with Gasteiger partial charge in [-0.05, 0) is 115 Å². The van der Waals surface area contributed by atoms with Gasteiger partial charge in [-0.1, -0.05) is 34.1 Å². The van der Waals surface area contributed by atoms with Gasteiger partial charge >= 0.3 is 5.97 Å². The quantitative estimate of drug-likeness (QED) is 0.0293. The third kappa shape index (κ3) is 20.4. The number of rotatable bonds is 33. The molecular weight excluding hydrogens is 1190 g/mol. The van der Waals surface area contributed by atoms with Gasteiger partial charge in [-0.25, -0.2) is 4.79 Å². The van der Waals surface area contributed by atoms with Crippen LogP contribution in [0.3, 0.4) is 0 Å². The summed E-state index contributed by atoms with van der Waals surface area (Å²) in [5.41, 5.74) is 11.2. The largest absolute Gasteiger partial charge is 0.480 e. The predicted octanol–water partition coefficient (Wildman–Crippen LogP) is -5.00. The Labute approximate surface area is 522 Å². The van der Waals surface area contributed by atoms with E-state index in [1.165, 1.54) is 42.3 Å². The SMILES string of the molecule is CC[C@H](C)[C@H](NC(=O)[C@@H]1CCCN1C(=O)[C@@H](NC(=O)[C@@H](NC(=O)[C@@H]1CCCN1C(=O)[C@@H](NC(=O)[C@@H](N)CCSC)[C@@H](C)O)[C@@H](C)O)[C@@H](C)O)C(=O)N1CCC[C@H]1C(=O)N[C@@H](CO)C(=O)N[C@@H](CC(C)C)C(=O)N1CCC[C@H]1C(=O)N[C@@H](CCC(N)=O)C(=O)O. The highest BCUT2D eigenvalue weighted by Crippen LogP contribution is 2.26. The Bertz CT molecular complexity index is 2540. The van der Waals surface area contributed by atoms with Crippen molar-refractivity contribution in [2.24, 2.45) is 23.3 Å². The number of hydrogen-bond donors (Lipinski definition) is 14. The second-order valence-corrected chi connectivity index (χ2v) is 25.0. The molecule has 4 heterocycles. The van der Waals surface area contributed by atoms with Crippen molar-refractivity contribution in [3.8, 4) is 0 Å². The van der Waals surface area contributed by atoms with E-state index in [2.05, 4.69) is 37.2 Å². The zero-order chi connectivity index (χ0) is 66.7. The minimum atomic E-state index is -1.75. The average molecular weight is 1280 g/mol. The first-order chi connectivity index (χ1) is 41.9. The molecule has 4 aliphatic rings. The number of likely N-dealkylation sites (tertiary alicyclic amines) is 4. The van der Waals surface area contributed by atoms with Gasteiger partial charge in [0.25, 0.3) is 0 Å². The van der Waals surface area contributed by atoms with Crippen LogP contribution in [0.4, 0.5) is 0 Å². The van der Waals surface area contributed by atoms with Crippen LogP contribution < -0.4 is 48.7 Å². The summed E-state index contributed by atoms with van der Waals surface area (Å²) in [7, 11) is 0. The maximum Gasteiger partial charge on any atom is 0.326 e. The first kappa shape index (κ1) is 74.7. The van der Waals surface area contributed by atoms with Crippen molar-refractivity contribution in [1.29, 1.82) is 0 Å². The second kappa shape index (κ2) is 35.0. The van der Waals surface area contributed by atoms with E-state index in [0.717, 1.165) is 9.80 Å². The number of aliphatic carboxylic acids is 1. The summed E-state index contributed by atoms with van der Waals surface area (Å²) in [6.07, 6.45) is -0.872. The lowest BCUT2D eigenvalue weighted by Gasteiger charge is -2.34. The van der Waals surface area contributed by atoms with Gasteiger partial charge in [-0.2, -0.15) is 11.8 Å². The zero-order valence-electron chi connectivity index (χ0n) is 52.1. The van der Waals surface area contributed by atoms with Crippen LogP contribution in [-0.2, 0) is 62.3 Å². The number of nitrogens with two attached hydrogens (primary N) is 2. The van der Waals surface area contributed by atoms with E-state index in [9.17, 15) is 87.9 Å². The van der Waals surface area contributed by atoms with Crippen LogP contribution in [0.25, 0.3) is 0 Å². The third-order valence-corrected chi connectivity index (χ3v) is 17.3. The van der Waals surface area contributed by atoms with E-state index < -0.39 is 180 Å². The van der Waals surface area contributed by atoms with Crippen LogP contribution in [0.1, 0.15) is 132 Å². The molecule has 12 amide bonds. The highest BCUT2D eigenvalue weighted by atomic mass is 32.2. The van der Waals surface area contributed by atoms with Gasteiger partial charge in [0.15, 0.2) is 0 Å². The van der Waals surface area contributed by atoms with Crippen molar-refractivity contribution in [2.45, 2.75) is 223 Å². The Morgan fingerprint density at radius 2 is 0.899 bits per heavy atom. The van der Waals surface area contributed by atoms with Gasteiger partial charge in [0, 0.05) is 32.6 Å². The monoisotopic (exact) mass is 1280 g/mol. The van der Waals surface area contributed by atoms with Crippen LogP contribution in [-0.4, -0.2) is 258 Å². The van der Waals surface area contributed by atoms with Crippen molar-refractivity contribution in [3.05, 3.63) is 0 Å². The van der Waals surface area contributed by atoms with Crippen LogP contribution in [0.5, 0.6) is 0 Å². The summed E-state index contributed by atoms with van der Waals surface area (Å²) >= 11 is 1.47. The van der Waals surface area contributed by atoms with Gasteiger partial charge in [-0.15, -0.1) is 0 Å². The number of amides is 12. The van der Waals surface area contributed by atoms with Crippen molar-refractivity contribution in [2.75, 3.05) is 44.8 Å². The average Bonchev–Trinajstić information content (AvgIpc) is 2.96. The number of aliphatic hydroxyl groups excluding tert-OH is 4. The molecular formula is C57H95N13O18S. The van der Waals surface area contributed by atoms with E-state index in [1.54, 1.807) is 27.7 Å². The van der Waals surface area contributed by atoms with Crippen molar-refractivity contribution in [1.82, 2.24) is 56.8 Å². The molecule has 0 aliphatic carbocycles. The van der Waals surface area contributed by atoms with Crippen LogP contribution in [0.15, 0.2) is 0 Å². The van der Waals surface area contributed by atoms with Crippen molar-refractivity contribution >= 4 is 88.6 Å². The van der Waals surface area contributed by atoms with Gasteiger partial charge in [0.2, 0.25) is 70.9 Å². The molecule has 4 saturated heterocycles. The van der Waals surface area contributed by atoms with Crippen LogP contribution >= 0.6 is 11.8 Å². The van der Waals surface area contributed by atoms with Gasteiger partial charge < -0.3 is 93.8 Å². The molecule has 0 saturated carbocycles. The first-order valence-electron chi connectivity index (χ1n) is 30.7. The second-order valence-electron chi connectivity index (χ2n) is 24.0. The molecule has 0 radical (unpaired) electrons. The highest BCUT2D eigenvalue weighted by molar-refractivity contribution is 7.98. The molecule has 4 aliphatic heterocycles. The predicted molar refractivity (Wildman–Crippen MR) is 321 cm³/mol. The van der Waals surface area contributed by atoms with Gasteiger partial charge in [0.05, 0.1) is 31.0 Å². The number of thioether (sulfide) groups is 1.